The van der Waals surface area contributed by atoms with Crippen LogP contribution in [0.4, 0.5) is 24.5 Å². The van der Waals surface area contributed by atoms with Crippen LogP contribution in [-0.4, -0.2) is 34.2 Å². The molecule has 1 atom stereocenters. The number of rotatable bonds is 4. The van der Waals surface area contributed by atoms with Crippen LogP contribution in [0, 0.1) is 0 Å². The van der Waals surface area contributed by atoms with Gasteiger partial charge < -0.3 is 5.32 Å². The van der Waals surface area contributed by atoms with Crippen LogP contribution in [-0.2, 0) is 15.8 Å². The Morgan fingerprint density at radius 3 is 2.46 bits per heavy atom. The Bertz CT molecular complexity index is 916. The van der Waals surface area contributed by atoms with Crippen LogP contribution in [0.15, 0.2) is 59.6 Å². The summed E-state index contributed by atoms with van der Waals surface area (Å²) >= 11 is 1.11. The minimum Gasteiger partial charge on any atom is -0.325 e. The number of amidine groups is 1. The Kier molecular flexibility index (Phi) is 5.73. The number of carbonyl (C=O) groups is 2. The zero-order valence-corrected chi connectivity index (χ0v) is 15.6. The number of anilines is 1. The molecule has 1 unspecified atom stereocenters. The molecule has 2 amide bonds. The van der Waals surface area contributed by atoms with E-state index in [0.29, 0.717) is 10.9 Å². The van der Waals surface area contributed by atoms with E-state index in [9.17, 15) is 22.8 Å². The number of hydrogen-bond acceptors (Lipinski definition) is 4. The molecule has 9 heteroatoms. The zero-order chi connectivity index (χ0) is 20.3. The molecule has 0 aliphatic carbocycles. The lowest BCUT2D eigenvalue weighted by atomic mass is 10.1. The summed E-state index contributed by atoms with van der Waals surface area (Å²) in [6, 6.07) is 13.7. The predicted molar refractivity (Wildman–Crippen MR) is 102 cm³/mol. The molecule has 5 nitrogen and oxygen atoms in total. The fourth-order valence-corrected chi connectivity index (χ4v) is 3.77. The number of thioether (sulfide) groups is 1. The summed E-state index contributed by atoms with van der Waals surface area (Å²) in [4.78, 5) is 30.4. The van der Waals surface area contributed by atoms with Crippen molar-refractivity contribution in [2.45, 2.75) is 17.8 Å². The average Bonchev–Trinajstić information content (AvgIpc) is 2.90. The minimum absolute atomic E-state index is 0.256. The van der Waals surface area contributed by atoms with Crippen molar-refractivity contribution in [1.29, 1.82) is 0 Å². The monoisotopic (exact) mass is 407 g/mol. The van der Waals surface area contributed by atoms with Gasteiger partial charge in [0.05, 0.1) is 16.9 Å². The van der Waals surface area contributed by atoms with Crippen molar-refractivity contribution in [1.82, 2.24) is 4.90 Å². The van der Waals surface area contributed by atoms with Gasteiger partial charge in [-0.3, -0.25) is 14.5 Å². The Morgan fingerprint density at radius 2 is 1.79 bits per heavy atom. The number of aliphatic imine (C=N–C) groups is 1. The van der Waals surface area contributed by atoms with Gasteiger partial charge >= 0.3 is 6.18 Å². The quantitative estimate of drug-likeness (QED) is 0.822. The molecule has 1 saturated heterocycles. The molecular formula is C19H16F3N3O2S. The van der Waals surface area contributed by atoms with Crippen LogP contribution in [0.2, 0.25) is 0 Å². The van der Waals surface area contributed by atoms with Gasteiger partial charge in [-0.05, 0) is 24.3 Å². The van der Waals surface area contributed by atoms with Crippen LogP contribution in [0.5, 0.6) is 0 Å². The molecule has 1 aliphatic heterocycles. The summed E-state index contributed by atoms with van der Waals surface area (Å²) in [7, 11) is 1.55. The van der Waals surface area contributed by atoms with E-state index >= 15 is 0 Å². The highest BCUT2D eigenvalue weighted by Gasteiger charge is 2.38. The van der Waals surface area contributed by atoms with E-state index in [-0.39, 0.29) is 18.0 Å². The van der Waals surface area contributed by atoms with Crippen LogP contribution < -0.4 is 5.32 Å². The minimum atomic E-state index is -4.59. The molecule has 0 radical (unpaired) electrons. The van der Waals surface area contributed by atoms with Gasteiger partial charge in [0.2, 0.25) is 11.8 Å². The van der Waals surface area contributed by atoms with Crippen molar-refractivity contribution >= 4 is 40.1 Å². The van der Waals surface area contributed by atoms with E-state index in [2.05, 4.69) is 10.3 Å². The SMILES string of the molecule is CN1C(=O)C(CC(=O)Nc2ccccc2C(F)(F)F)SC1=Nc1ccccc1. The maximum atomic E-state index is 13.0. The first-order valence-electron chi connectivity index (χ1n) is 8.30. The first kappa shape index (κ1) is 19.9. The molecule has 0 saturated carbocycles. The van der Waals surface area contributed by atoms with Gasteiger partial charge in [0.25, 0.3) is 0 Å². The van der Waals surface area contributed by atoms with Crippen LogP contribution >= 0.6 is 11.8 Å². The van der Waals surface area contributed by atoms with Gasteiger partial charge in [0.1, 0.15) is 5.25 Å². The van der Waals surface area contributed by atoms with Gasteiger partial charge in [-0.2, -0.15) is 13.2 Å². The third kappa shape index (κ3) is 4.53. The van der Waals surface area contributed by atoms with Gasteiger partial charge in [0, 0.05) is 13.5 Å². The second-order valence-corrected chi connectivity index (χ2v) is 7.20. The Balaban J connectivity index is 1.70. The highest BCUT2D eigenvalue weighted by molar-refractivity contribution is 8.15. The second-order valence-electron chi connectivity index (χ2n) is 6.03. The molecule has 2 aromatic rings. The lowest BCUT2D eigenvalue weighted by molar-refractivity contribution is -0.137. The van der Waals surface area contributed by atoms with Gasteiger partial charge in [-0.15, -0.1) is 0 Å². The van der Waals surface area contributed by atoms with Crippen molar-refractivity contribution in [3.8, 4) is 0 Å². The molecule has 146 valence electrons. The Labute approximate surface area is 163 Å². The summed E-state index contributed by atoms with van der Waals surface area (Å²) < 4.78 is 39.1. The van der Waals surface area contributed by atoms with Crippen molar-refractivity contribution in [3.05, 3.63) is 60.2 Å². The van der Waals surface area contributed by atoms with E-state index in [1.165, 1.54) is 23.1 Å². The predicted octanol–water partition coefficient (Wildman–Crippen LogP) is 4.30. The third-order valence-corrected chi connectivity index (χ3v) is 5.23. The van der Waals surface area contributed by atoms with E-state index in [0.717, 1.165) is 17.8 Å². The topological polar surface area (TPSA) is 61.8 Å². The highest BCUT2D eigenvalue weighted by Crippen LogP contribution is 2.35. The van der Waals surface area contributed by atoms with E-state index in [1.54, 1.807) is 19.2 Å². The largest absolute Gasteiger partial charge is 0.418 e. The number of hydrogen-bond donors (Lipinski definition) is 1. The van der Waals surface area contributed by atoms with E-state index < -0.39 is 22.9 Å². The summed E-state index contributed by atoms with van der Waals surface area (Å²) in [5, 5.41) is 1.95. The Hall–Kier alpha value is -2.81. The van der Waals surface area contributed by atoms with E-state index in [4.69, 9.17) is 0 Å². The third-order valence-electron chi connectivity index (χ3n) is 4.00. The molecule has 0 aromatic heterocycles. The number of para-hydroxylation sites is 2. The molecule has 0 spiro atoms. The van der Waals surface area contributed by atoms with Crippen LogP contribution in [0.25, 0.3) is 0 Å². The average molecular weight is 407 g/mol. The fraction of sp³-hybridized carbons (Fsp3) is 0.211. The number of halogens is 3. The number of carbonyl (C=O) groups excluding carboxylic acids is 2. The van der Waals surface area contributed by atoms with Gasteiger partial charge in [-0.1, -0.05) is 42.1 Å². The van der Waals surface area contributed by atoms with Crippen LogP contribution in [0.3, 0.4) is 0 Å². The summed E-state index contributed by atoms with van der Waals surface area (Å²) in [6.45, 7) is 0. The standard InChI is InChI=1S/C19H16F3N3O2S/c1-25-17(27)15(28-18(25)23-12-7-3-2-4-8-12)11-16(26)24-14-10-6-5-9-13(14)19(20,21)22/h2-10,15H,11H2,1H3,(H,24,26). The fourth-order valence-electron chi connectivity index (χ4n) is 2.62. The molecule has 1 N–H and O–H groups in total. The number of benzene rings is 2. The summed E-state index contributed by atoms with van der Waals surface area (Å²) in [6.07, 6.45) is -4.84. The van der Waals surface area contributed by atoms with Gasteiger partial charge in [0.15, 0.2) is 5.17 Å². The maximum absolute atomic E-state index is 13.0. The summed E-state index contributed by atoms with van der Waals surface area (Å²) in [5.74, 6) is -0.990. The first-order valence-corrected chi connectivity index (χ1v) is 9.17. The maximum Gasteiger partial charge on any atom is 0.418 e. The molecule has 3 rings (SSSR count). The summed E-state index contributed by atoms with van der Waals surface area (Å²) in [5.41, 5.74) is -0.604. The normalized spacial score (nSPS) is 18.6. The molecule has 28 heavy (non-hydrogen) atoms. The molecule has 1 heterocycles. The second kappa shape index (κ2) is 8.05. The number of alkyl halides is 3. The molecule has 2 aromatic carbocycles. The molecule has 1 fully saturated rings. The lowest BCUT2D eigenvalue weighted by Crippen LogP contribution is -2.30. The lowest BCUT2D eigenvalue weighted by Gasteiger charge is -2.14. The number of nitrogens with one attached hydrogen (secondary N) is 1. The molecular weight excluding hydrogens is 391 g/mol. The molecule has 0 bridgehead atoms. The van der Waals surface area contributed by atoms with Crippen molar-refractivity contribution in [2.24, 2.45) is 4.99 Å². The van der Waals surface area contributed by atoms with Gasteiger partial charge in [-0.25, -0.2) is 4.99 Å². The van der Waals surface area contributed by atoms with Crippen LogP contribution in [0.1, 0.15) is 12.0 Å². The van der Waals surface area contributed by atoms with Crippen molar-refractivity contribution < 1.29 is 22.8 Å². The van der Waals surface area contributed by atoms with Crippen molar-refractivity contribution in [2.75, 3.05) is 12.4 Å². The zero-order valence-electron chi connectivity index (χ0n) is 14.7. The smallest absolute Gasteiger partial charge is 0.325 e. The van der Waals surface area contributed by atoms with Crippen molar-refractivity contribution in [3.63, 3.8) is 0 Å². The number of nitrogens with zero attached hydrogens (tertiary/aromatic N) is 2. The highest BCUT2D eigenvalue weighted by atomic mass is 32.2. The Morgan fingerprint density at radius 1 is 1.14 bits per heavy atom. The molecule has 1 aliphatic rings. The van der Waals surface area contributed by atoms with E-state index in [1.807, 2.05) is 18.2 Å². The first-order chi connectivity index (χ1) is 13.3. The number of amides is 2.